The Balaban J connectivity index is 1.89. The lowest BCUT2D eigenvalue weighted by molar-refractivity contribution is -0.109. The van der Waals surface area contributed by atoms with Crippen LogP contribution in [0.25, 0.3) is 9.75 Å². The third-order valence-electron chi connectivity index (χ3n) is 2.56. The third kappa shape index (κ3) is 4.37. The predicted octanol–water partition coefficient (Wildman–Crippen LogP) is 4.70. The fraction of sp³-hybridized carbons (Fsp3) is 0.357. The Morgan fingerprint density at radius 2 is 1.95 bits per heavy atom. The Bertz CT molecular complexity index is 542. The van der Waals surface area contributed by atoms with Gasteiger partial charge in [0, 0.05) is 27.3 Å². The predicted molar refractivity (Wildman–Crippen MR) is 85.6 cm³/mol. The number of thioether (sulfide) groups is 1. The number of hydrogen-bond donors (Lipinski definition) is 0. The number of carbonyl (C=O) groups is 1. The van der Waals surface area contributed by atoms with Gasteiger partial charge in [-0.25, -0.2) is 0 Å². The molecule has 5 heteroatoms. The van der Waals surface area contributed by atoms with Crippen molar-refractivity contribution in [3.05, 3.63) is 29.1 Å². The van der Waals surface area contributed by atoms with Crippen LogP contribution >= 0.6 is 34.4 Å². The molecule has 19 heavy (non-hydrogen) atoms. The molecule has 0 N–H and O–H groups in total. The van der Waals surface area contributed by atoms with Crippen molar-refractivity contribution in [2.45, 2.75) is 19.8 Å². The molecule has 0 saturated carbocycles. The molecule has 0 atom stereocenters. The highest BCUT2D eigenvalue weighted by Gasteiger charge is 2.06. The fourth-order valence-corrected chi connectivity index (χ4v) is 4.21. The zero-order valence-corrected chi connectivity index (χ0v) is 13.4. The maximum atomic E-state index is 10.8. The van der Waals surface area contributed by atoms with E-state index in [0.29, 0.717) is 0 Å². The lowest BCUT2D eigenvalue weighted by Gasteiger charge is -1.96. The molecule has 0 aliphatic heterocycles. The van der Waals surface area contributed by atoms with Crippen LogP contribution < -0.4 is 4.74 Å². The van der Waals surface area contributed by atoms with Crippen LogP contribution in [0.2, 0.25) is 0 Å². The molecule has 0 saturated heterocycles. The SMILES string of the molecule is COc1ccc(-c2ccc(CCCSC(C)=O)s2)s1. The second-order valence-corrected chi connectivity index (χ2v) is 7.52. The standard InChI is InChI=1S/C14H16O2S3/c1-10(15)17-9-3-4-11-5-6-12(18-11)13-7-8-14(16-2)19-13/h5-8H,3-4,9H2,1-2H3. The van der Waals surface area contributed by atoms with Crippen LogP contribution in [0.3, 0.4) is 0 Å². The van der Waals surface area contributed by atoms with E-state index in [1.807, 2.05) is 17.4 Å². The topological polar surface area (TPSA) is 26.3 Å². The molecule has 0 aliphatic carbocycles. The summed E-state index contributed by atoms with van der Waals surface area (Å²) in [6, 6.07) is 8.46. The van der Waals surface area contributed by atoms with Crippen LogP contribution in [0.1, 0.15) is 18.2 Å². The van der Waals surface area contributed by atoms with Crippen LogP contribution in [0, 0.1) is 0 Å². The van der Waals surface area contributed by atoms with Gasteiger partial charge in [0.2, 0.25) is 0 Å². The van der Waals surface area contributed by atoms with Crippen LogP contribution in [-0.4, -0.2) is 18.0 Å². The lowest BCUT2D eigenvalue weighted by atomic mass is 10.3. The van der Waals surface area contributed by atoms with E-state index >= 15 is 0 Å². The average Bonchev–Trinajstić information content (AvgIpc) is 3.02. The van der Waals surface area contributed by atoms with Crippen molar-refractivity contribution in [2.24, 2.45) is 0 Å². The van der Waals surface area contributed by atoms with Crippen molar-refractivity contribution < 1.29 is 9.53 Å². The number of thiophene rings is 2. The number of carbonyl (C=O) groups excluding carboxylic acids is 1. The number of hydrogen-bond acceptors (Lipinski definition) is 5. The zero-order valence-electron chi connectivity index (χ0n) is 11.0. The summed E-state index contributed by atoms with van der Waals surface area (Å²) < 4.78 is 5.21. The lowest BCUT2D eigenvalue weighted by Crippen LogP contribution is -1.88. The first-order chi connectivity index (χ1) is 9.19. The van der Waals surface area contributed by atoms with E-state index in [4.69, 9.17) is 4.74 Å². The van der Waals surface area contributed by atoms with Crippen molar-refractivity contribution in [3.63, 3.8) is 0 Å². The molecule has 2 nitrogen and oxygen atoms in total. The highest BCUT2D eigenvalue weighted by atomic mass is 32.2. The Kier molecular flexibility index (Phi) is 5.48. The van der Waals surface area contributed by atoms with Crippen molar-refractivity contribution in [1.82, 2.24) is 0 Å². The van der Waals surface area contributed by atoms with E-state index < -0.39 is 0 Å². The van der Waals surface area contributed by atoms with E-state index in [0.717, 1.165) is 23.7 Å². The maximum Gasteiger partial charge on any atom is 0.185 e. The zero-order chi connectivity index (χ0) is 13.7. The second-order valence-electron chi connectivity index (χ2n) is 4.03. The van der Waals surface area contributed by atoms with Gasteiger partial charge in [-0.2, -0.15) is 0 Å². The van der Waals surface area contributed by atoms with Gasteiger partial charge in [-0.1, -0.05) is 23.1 Å². The molecule has 2 aromatic heterocycles. The summed E-state index contributed by atoms with van der Waals surface area (Å²) >= 11 is 4.91. The molecule has 0 unspecified atom stereocenters. The number of rotatable bonds is 6. The minimum absolute atomic E-state index is 0.206. The normalized spacial score (nSPS) is 10.6. The molecule has 0 aliphatic rings. The highest BCUT2D eigenvalue weighted by Crippen LogP contribution is 2.36. The molecule has 0 aromatic carbocycles. The fourth-order valence-electron chi connectivity index (χ4n) is 1.67. The largest absolute Gasteiger partial charge is 0.487 e. The smallest absolute Gasteiger partial charge is 0.185 e. The molecule has 0 amide bonds. The minimum Gasteiger partial charge on any atom is -0.487 e. The first kappa shape index (κ1) is 14.6. The molecule has 0 spiro atoms. The second kappa shape index (κ2) is 7.12. The minimum atomic E-state index is 0.206. The number of methoxy groups -OCH3 is 1. The quantitative estimate of drug-likeness (QED) is 0.723. The average molecular weight is 312 g/mol. The van der Waals surface area contributed by atoms with Crippen LogP contribution in [0.4, 0.5) is 0 Å². The van der Waals surface area contributed by atoms with Gasteiger partial charge in [-0.15, -0.1) is 11.3 Å². The number of aryl methyl sites for hydroxylation is 1. The van der Waals surface area contributed by atoms with E-state index in [9.17, 15) is 4.79 Å². The van der Waals surface area contributed by atoms with Crippen LogP contribution in [0.15, 0.2) is 24.3 Å². The summed E-state index contributed by atoms with van der Waals surface area (Å²) in [5.74, 6) is 0.912. The maximum absolute atomic E-state index is 10.8. The first-order valence-corrected chi connectivity index (χ1v) is 8.67. The van der Waals surface area contributed by atoms with E-state index in [1.54, 1.807) is 25.4 Å². The molecule has 0 radical (unpaired) electrons. The molecule has 2 rings (SSSR count). The van der Waals surface area contributed by atoms with Gasteiger partial charge in [-0.3, -0.25) is 4.79 Å². The van der Waals surface area contributed by atoms with Crippen LogP contribution in [-0.2, 0) is 11.2 Å². The monoisotopic (exact) mass is 312 g/mol. The number of ether oxygens (including phenoxy) is 1. The molecule has 102 valence electrons. The van der Waals surface area contributed by atoms with Gasteiger partial charge in [-0.05, 0) is 37.1 Å². The van der Waals surface area contributed by atoms with Crippen molar-refractivity contribution in [3.8, 4) is 14.8 Å². The van der Waals surface area contributed by atoms with Gasteiger partial charge in [0.15, 0.2) is 10.2 Å². The van der Waals surface area contributed by atoms with Crippen molar-refractivity contribution in [1.29, 1.82) is 0 Å². The van der Waals surface area contributed by atoms with Crippen LogP contribution in [0.5, 0.6) is 5.06 Å². The summed E-state index contributed by atoms with van der Waals surface area (Å²) in [5, 5.41) is 1.15. The van der Waals surface area contributed by atoms with Gasteiger partial charge < -0.3 is 4.74 Å². The Morgan fingerprint density at radius 1 is 1.21 bits per heavy atom. The summed E-state index contributed by atoms with van der Waals surface area (Å²) in [4.78, 5) is 14.8. The van der Waals surface area contributed by atoms with Gasteiger partial charge >= 0.3 is 0 Å². The third-order valence-corrected chi connectivity index (χ3v) is 5.85. The molecule has 2 aromatic rings. The van der Waals surface area contributed by atoms with E-state index in [-0.39, 0.29) is 5.12 Å². The molecular weight excluding hydrogens is 296 g/mol. The van der Waals surface area contributed by atoms with Gasteiger partial charge in [0.1, 0.15) is 0 Å². The molecular formula is C14H16O2S3. The van der Waals surface area contributed by atoms with Crippen molar-refractivity contribution >= 4 is 39.6 Å². The molecule has 0 bridgehead atoms. The van der Waals surface area contributed by atoms with E-state index in [1.165, 1.54) is 26.4 Å². The Hall–Kier alpha value is -0.780. The van der Waals surface area contributed by atoms with Gasteiger partial charge in [0.05, 0.1) is 7.11 Å². The highest BCUT2D eigenvalue weighted by molar-refractivity contribution is 8.13. The van der Waals surface area contributed by atoms with E-state index in [2.05, 4.69) is 18.2 Å². The summed E-state index contributed by atoms with van der Waals surface area (Å²) in [7, 11) is 1.70. The van der Waals surface area contributed by atoms with Crippen molar-refractivity contribution in [2.75, 3.05) is 12.9 Å². The first-order valence-electron chi connectivity index (χ1n) is 6.05. The van der Waals surface area contributed by atoms with Gasteiger partial charge in [0.25, 0.3) is 0 Å². The summed E-state index contributed by atoms with van der Waals surface area (Å²) in [6.07, 6.45) is 2.10. The summed E-state index contributed by atoms with van der Waals surface area (Å²) in [6.45, 7) is 1.62. The Labute approximate surface area is 125 Å². The summed E-state index contributed by atoms with van der Waals surface area (Å²) in [5.41, 5.74) is 0. The Morgan fingerprint density at radius 3 is 2.63 bits per heavy atom. The molecule has 2 heterocycles. The molecule has 0 fully saturated rings.